The van der Waals surface area contributed by atoms with E-state index in [4.69, 9.17) is 4.74 Å². The number of esters is 1. The third-order valence-electron chi connectivity index (χ3n) is 6.92. The van der Waals surface area contributed by atoms with Crippen LogP contribution < -0.4 is 0 Å². The van der Waals surface area contributed by atoms with Crippen molar-refractivity contribution in [1.82, 2.24) is 3.97 Å². The molecule has 0 unspecified atom stereocenters. The first-order chi connectivity index (χ1) is 19.9. The van der Waals surface area contributed by atoms with Gasteiger partial charge >= 0.3 is 5.97 Å². The molecule has 0 bridgehead atoms. The Labute approximate surface area is 241 Å². The number of nitrogens with zero attached hydrogens (tertiary/aromatic N) is 2. The first-order valence-corrected chi connectivity index (χ1v) is 15.0. The summed E-state index contributed by atoms with van der Waals surface area (Å²) in [7, 11) is -2.77. The highest BCUT2D eigenvalue weighted by Gasteiger charge is 2.29. The van der Waals surface area contributed by atoms with Gasteiger partial charge in [0.05, 0.1) is 28.8 Å². The lowest BCUT2D eigenvalue weighted by Crippen LogP contribution is -2.14. The summed E-state index contributed by atoms with van der Waals surface area (Å²) in [6.45, 7) is 0. The van der Waals surface area contributed by atoms with Crippen molar-refractivity contribution in [3.8, 4) is 39.6 Å². The number of thiophene rings is 1. The lowest BCUT2D eigenvalue weighted by Gasteiger charge is -2.14. The number of fused-ring (bicyclic) bond motifs is 1. The topological polar surface area (TPSA) is 89.2 Å². The molecule has 2 aromatic heterocycles. The van der Waals surface area contributed by atoms with Gasteiger partial charge in [0.25, 0.3) is 10.0 Å². The maximum atomic E-state index is 14.4. The van der Waals surface area contributed by atoms with Gasteiger partial charge in [0.2, 0.25) is 0 Å². The number of hydrogen-bond donors (Lipinski definition) is 0. The predicted octanol–water partition coefficient (Wildman–Crippen LogP) is 7.60. The molecule has 0 aliphatic carbocycles. The number of rotatable bonds is 6. The molecule has 6 aromatic rings. The maximum absolute atomic E-state index is 14.4. The number of para-hydroxylation sites is 1. The Morgan fingerprint density at radius 3 is 2.27 bits per heavy atom. The zero-order chi connectivity index (χ0) is 28.6. The SMILES string of the molecule is COC(=O)c1cccc(-c2ccc(S(=O)(=O)n3c(-c4ccccc4)c(-c4ccsc4C#N)c4ccccc43)cc2)c1. The highest BCUT2D eigenvalue weighted by molar-refractivity contribution is 7.90. The van der Waals surface area contributed by atoms with Crippen molar-refractivity contribution >= 4 is 38.2 Å². The van der Waals surface area contributed by atoms with Crippen molar-refractivity contribution in [2.75, 3.05) is 7.11 Å². The summed E-state index contributed by atoms with van der Waals surface area (Å²) in [4.78, 5) is 12.6. The third-order valence-corrected chi connectivity index (χ3v) is 9.47. The molecule has 0 saturated heterocycles. The van der Waals surface area contributed by atoms with Gasteiger partial charge in [0.15, 0.2) is 0 Å². The molecule has 0 fully saturated rings. The van der Waals surface area contributed by atoms with E-state index in [-0.39, 0.29) is 4.90 Å². The van der Waals surface area contributed by atoms with E-state index in [1.165, 1.54) is 22.4 Å². The van der Waals surface area contributed by atoms with Crippen LogP contribution >= 0.6 is 11.3 Å². The molecule has 8 heteroatoms. The Hall–Kier alpha value is -4.97. The van der Waals surface area contributed by atoms with Gasteiger partial charge in [-0.3, -0.25) is 0 Å². The molecule has 200 valence electrons. The zero-order valence-electron chi connectivity index (χ0n) is 21.8. The first-order valence-electron chi connectivity index (χ1n) is 12.6. The van der Waals surface area contributed by atoms with Gasteiger partial charge in [-0.05, 0) is 58.5 Å². The van der Waals surface area contributed by atoms with Gasteiger partial charge in [-0.15, -0.1) is 11.3 Å². The molecule has 0 radical (unpaired) electrons. The summed E-state index contributed by atoms with van der Waals surface area (Å²) in [5.41, 5.74) is 5.05. The van der Waals surface area contributed by atoms with E-state index >= 15 is 0 Å². The van der Waals surface area contributed by atoms with Gasteiger partial charge in [0.1, 0.15) is 10.9 Å². The summed E-state index contributed by atoms with van der Waals surface area (Å²) >= 11 is 1.32. The summed E-state index contributed by atoms with van der Waals surface area (Å²) in [5.74, 6) is -0.444. The van der Waals surface area contributed by atoms with E-state index in [9.17, 15) is 18.5 Å². The Bertz CT molecular complexity index is 2070. The molecule has 0 atom stereocenters. The summed E-state index contributed by atoms with van der Waals surface area (Å²) in [6.07, 6.45) is 0. The minimum absolute atomic E-state index is 0.112. The highest BCUT2D eigenvalue weighted by atomic mass is 32.2. The number of carbonyl (C=O) groups is 1. The Balaban J connectivity index is 1.57. The molecule has 0 N–H and O–H groups in total. The van der Waals surface area contributed by atoms with Crippen molar-refractivity contribution in [2.45, 2.75) is 4.90 Å². The molecule has 0 aliphatic rings. The van der Waals surface area contributed by atoms with Gasteiger partial charge in [-0.2, -0.15) is 5.26 Å². The van der Waals surface area contributed by atoms with Crippen molar-refractivity contribution in [1.29, 1.82) is 5.26 Å². The zero-order valence-corrected chi connectivity index (χ0v) is 23.4. The molecule has 4 aromatic carbocycles. The van der Waals surface area contributed by atoms with Crippen molar-refractivity contribution in [3.63, 3.8) is 0 Å². The molecule has 41 heavy (non-hydrogen) atoms. The molecule has 2 heterocycles. The van der Waals surface area contributed by atoms with Gasteiger partial charge in [-0.1, -0.05) is 72.8 Å². The second-order valence-corrected chi connectivity index (χ2v) is 12.0. The maximum Gasteiger partial charge on any atom is 0.337 e. The fourth-order valence-electron chi connectivity index (χ4n) is 5.05. The van der Waals surface area contributed by atoms with Gasteiger partial charge in [0, 0.05) is 16.5 Å². The number of ether oxygens (including phenoxy) is 1. The van der Waals surface area contributed by atoms with Crippen LogP contribution in [0.2, 0.25) is 0 Å². The number of carbonyl (C=O) groups excluding carboxylic acids is 1. The number of hydrogen-bond acceptors (Lipinski definition) is 6. The number of nitriles is 1. The first kappa shape index (κ1) is 26.3. The quantitative estimate of drug-likeness (QED) is 0.191. The average Bonchev–Trinajstić information content (AvgIpc) is 3.63. The predicted molar refractivity (Wildman–Crippen MR) is 161 cm³/mol. The van der Waals surface area contributed by atoms with E-state index in [1.807, 2.05) is 66.0 Å². The molecule has 0 saturated carbocycles. The van der Waals surface area contributed by atoms with Crippen LogP contribution in [0.3, 0.4) is 0 Å². The smallest absolute Gasteiger partial charge is 0.337 e. The van der Waals surface area contributed by atoms with E-state index in [0.29, 0.717) is 38.3 Å². The van der Waals surface area contributed by atoms with Crippen LogP contribution in [0.1, 0.15) is 15.2 Å². The third kappa shape index (κ3) is 4.51. The van der Waals surface area contributed by atoms with Crippen LogP contribution in [-0.4, -0.2) is 25.5 Å². The summed E-state index contributed by atoms with van der Waals surface area (Å²) in [6, 6.07) is 34.4. The monoisotopic (exact) mass is 574 g/mol. The molecular formula is C33H22N2O4S2. The minimum Gasteiger partial charge on any atom is -0.465 e. The van der Waals surface area contributed by atoms with Crippen LogP contribution in [0.5, 0.6) is 0 Å². The molecule has 6 rings (SSSR count). The van der Waals surface area contributed by atoms with Crippen molar-refractivity contribution < 1.29 is 17.9 Å². The van der Waals surface area contributed by atoms with Crippen LogP contribution in [-0.2, 0) is 14.8 Å². The number of benzene rings is 4. The molecule has 0 spiro atoms. The van der Waals surface area contributed by atoms with E-state index in [2.05, 4.69) is 6.07 Å². The van der Waals surface area contributed by atoms with E-state index in [1.54, 1.807) is 48.5 Å². The van der Waals surface area contributed by atoms with Crippen LogP contribution in [0.15, 0.2) is 119 Å². The minimum atomic E-state index is -4.10. The van der Waals surface area contributed by atoms with Crippen LogP contribution in [0, 0.1) is 11.3 Å². The number of aromatic nitrogens is 1. The Morgan fingerprint density at radius 2 is 1.54 bits per heavy atom. The summed E-state index contributed by atoms with van der Waals surface area (Å²) < 4.78 is 35.1. The Kier molecular flexibility index (Phi) is 6.75. The summed E-state index contributed by atoms with van der Waals surface area (Å²) in [5, 5.41) is 12.4. The lowest BCUT2D eigenvalue weighted by molar-refractivity contribution is 0.0600. The van der Waals surface area contributed by atoms with E-state index < -0.39 is 16.0 Å². The fourth-order valence-corrected chi connectivity index (χ4v) is 7.29. The molecule has 0 amide bonds. The second kappa shape index (κ2) is 10.5. The van der Waals surface area contributed by atoms with Crippen molar-refractivity contribution in [2.24, 2.45) is 0 Å². The fraction of sp³-hybridized carbons (Fsp3) is 0.0303. The van der Waals surface area contributed by atoms with Crippen LogP contribution in [0.25, 0.3) is 44.4 Å². The average molecular weight is 575 g/mol. The number of methoxy groups -OCH3 is 1. The van der Waals surface area contributed by atoms with Crippen LogP contribution in [0.4, 0.5) is 0 Å². The second-order valence-electron chi connectivity index (χ2n) is 9.25. The normalized spacial score (nSPS) is 11.3. The van der Waals surface area contributed by atoms with Crippen molar-refractivity contribution in [3.05, 3.63) is 125 Å². The van der Waals surface area contributed by atoms with Gasteiger partial charge < -0.3 is 4.74 Å². The highest BCUT2D eigenvalue weighted by Crippen LogP contribution is 2.44. The Morgan fingerprint density at radius 1 is 0.829 bits per heavy atom. The largest absolute Gasteiger partial charge is 0.465 e. The molecule has 0 aliphatic heterocycles. The van der Waals surface area contributed by atoms with Gasteiger partial charge in [-0.25, -0.2) is 17.2 Å². The van der Waals surface area contributed by atoms with E-state index in [0.717, 1.165) is 16.5 Å². The standard InChI is InChI=1S/C33H22N2O4S2/c1-39-33(36)25-11-7-10-24(20-25)22-14-16-26(17-15-22)41(37,38)35-29-13-6-5-12-27(29)31(28-18-19-40-30(28)21-34)32(35)23-8-3-2-4-9-23/h2-20H,1H3. The molecular weight excluding hydrogens is 553 g/mol. The lowest BCUT2D eigenvalue weighted by atomic mass is 9.99. The molecule has 6 nitrogen and oxygen atoms in total.